The second-order valence-corrected chi connectivity index (χ2v) is 6.60. The fraction of sp³-hybridized carbons (Fsp3) is 0.529. The van der Waals surface area contributed by atoms with Gasteiger partial charge < -0.3 is 31.0 Å². The van der Waals surface area contributed by atoms with Crippen molar-refractivity contribution in [2.45, 2.75) is 39.4 Å². The Labute approximate surface area is 155 Å². The van der Waals surface area contributed by atoms with Crippen molar-refractivity contribution in [1.82, 2.24) is 0 Å². The monoisotopic (exact) mass is 380 g/mol. The van der Waals surface area contributed by atoms with Crippen molar-refractivity contribution in [2.24, 2.45) is 38.4 Å². The maximum Gasteiger partial charge on any atom is 0.141 e. The van der Waals surface area contributed by atoms with E-state index in [2.05, 4.69) is 20.6 Å². The maximum absolute atomic E-state index is 10.2. The topological polar surface area (TPSA) is 171 Å². The van der Waals surface area contributed by atoms with E-state index in [-0.39, 0.29) is 28.8 Å². The van der Waals surface area contributed by atoms with Crippen LogP contribution in [-0.2, 0) is 0 Å². The Morgan fingerprint density at radius 2 is 1.15 bits per heavy atom. The third-order valence-corrected chi connectivity index (χ3v) is 5.31. The number of allylic oxidation sites excluding steroid dienone is 2. The fourth-order valence-electron chi connectivity index (χ4n) is 3.79. The van der Waals surface area contributed by atoms with Crippen molar-refractivity contribution in [3.8, 4) is 0 Å². The molecule has 0 bridgehead atoms. The molecular formula is C17H24N4O6. The SMILES string of the molecule is CCC(C1=CC(=NO)C(O)C(=NO)C1C)C1=CC(=NO)C(O)C(=NO)C1C. The first-order valence-electron chi connectivity index (χ1n) is 8.52. The molecule has 148 valence electrons. The molecule has 27 heavy (non-hydrogen) atoms. The summed E-state index contributed by atoms with van der Waals surface area (Å²) in [5.74, 6) is -1.24. The molecule has 0 aromatic carbocycles. The van der Waals surface area contributed by atoms with Crippen LogP contribution in [0.25, 0.3) is 0 Å². The van der Waals surface area contributed by atoms with Crippen LogP contribution in [0.4, 0.5) is 0 Å². The van der Waals surface area contributed by atoms with Crippen LogP contribution in [0.15, 0.2) is 43.9 Å². The number of aliphatic hydroxyl groups excluding tert-OH is 2. The smallest absolute Gasteiger partial charge is 0.141 e. The van der Waals surface area contributed by atoms with Crippen LogP contribution in [0.1, 0.15) is 27.2 Å². The fourth-order valence-corrected chi connectivity index (χ4v) is 3.79. The lowest BCUT2D eigenvalue weighted by atomic mass is 9.69. The molecule has 4 atom stereocenters. The lowest BCUT2D eigenvalue weighted by molar-refractivity contribution is 0.258. The van der Waals surface area contributed by atoms with Gasteiger partial charge in [-0.2, -0.15) is 0 Å². The summed E-state index contributed by atoms with van der Waals surface area (Å²) in [6.07, 6.45) is 0.956. The second kappa shape index (κ2) is 8.31. The van der Waals surface area contributed by atoms with Gasteiger partial charge in [0.25, 0.3) is 0 Å². The Balaban J connectivity index is 2.61. The normalized spacial score (nSPS) is 36.2. The van der Waals surface area contributed by atoms with Crippen molar-refractivity contribution in [2.75, 3.05) is 0 Å². The number of oxime groups is 4. The van der Waals surface area contributed by atoms with Gasteiger partial charge in [-0.3, -0.25) is 0 Å². The van der Waals surface area contributed by atoms with Crippen LogP contribution >= 0.6 is 0 Å². The zero-order valence-electron chi connectivity index (χ0n) is 15.2. The number of rotatable bonds is 3. The molecule has 0 aromatic rings. The molecule has 0 aromatic heterocycles. The molecule has 0 amide bonds. The molecule has 2 aliphatic rings. The van der Waals surface area contributed by atoms with E-state index in [0.717, 1.165) is 0 Å². The number of hydrogen-bond donors (Lipinski definition) is 6. The van der Waals surface area contributed by atoms with E-state index in [9.17, 15) is 31.0 Å². The molecule has 2 aliphatic carbocycles. The first-order chi connectivity index (χ1) is 12.9. The predicted octanol–water partition coefficient (Wildman–Crippen LogP) is 1.21. The zero-order valence-corrected chi connectivity index (χ0v) is 15.2. The molecular weight excluding hydrogens is 356 g/mol. The van der Waals surface area contributed by atoms with Crippen LogP contribution in [0.3, 0.4) is 0 Å². The van der Waals surface area contributed by atoms with Gasteiger partial charge in [0.15, 0.2) is 0 Å². The molecule has 10 heteroatoms. The maximum atomic E-state index is 10.2. The lowest BCUT2D eigenvalue weighted by Gasteiger charge is -2.36. The molecule has 0 aliphatic heterocycles. The first-order valence-corrected chi connectivity index (χ1v) is 8.52. The Hall–Kier alpha value is -2.72. The van der Waals surface area contributed by atoms with E-state index >= 15 is 0 Å². The number of nitrogens with zero attached hydrogens (tertiary/aromatic N) is 4. The molecule has 0 radical (unpaired) electrons. The van der Waals surface area contributed by atoms with Crippen molar-refractivity contribution in [3.63, 3.8) is 0 Å². The van der Waals surface area contributed by atoms with Crippen molar-refractivity contribution >= 4 is 22.8 Å². The molecule has 10 nitrogen and oxygen atoms in total. The minimum atomic E-state index is -1.33. The van der Waals surface area contributed by atoms with Gasteiger partial charge in [0.2, 0.25) is 0 Å². The van der Waals surface area contributed by atoms with Gasteiger partial charge in [-0.1, -0.05) is 52.5 Å². The number of aliphatic hydroxyl groups is 2. The van der Waals surface area contributed by atoms with Gasteiger partial charge in [-0.05, 0) is 18.6 Å². The van der Waals surface area contributed by atoms with E-state index in [1.54, 1.807) is 13.8 Å². The number of hydrogen-bond acceptors (Lipinski definition) is 10. The van der Waals surface area contributed by atoms with Gasteiger partial charge in [-0.25, -0.2) is 0 Å². The average molecular weight is 380 g/mol. The van der Waals surface area contributed by atoms with E-state index in [1.165, 1.54) is 12.2 Å². The summed E-state index contributed by atoms with van der Waals surface area (Å²) in [5.41, 5.74) is 1.35. The summed E-state index contributed by atoms with van der Waals surface area (Å²) >= 11 is 0. The van der Waals surface area contributed by atoms with E-state index in [1.807, 2.05) is 6.92 Å². The Morgan fingerprint density at radius 1 is 0.778 bits per heavy atom. The molecule has 4 unspecified atom stereocenters. The standard InChI is InChI=1S/C17H24N4O6/c1-4-9(10-5-12(18-24)16(22)14(20-26)7(10)2)11-6-13(19-25)17(23)15(21-27)8(11)3/h5-9,16-17,22-27H,4H2,1-3H3. The molecule has 2 rings (SSSR count). The lowest BCUT2D eigenvalue weighted by Crippen LogP contribution is -2.43. The summed E-state index contributed by atoms with van der Waals surface area (Å²) in [4.78, 5) is 0. The van der Waals surface area contributed by atoms with Gasteiger partial charge in [-0.15, -0.1) is 0 Å². The minimum absolute atomic E-state index is 0.0370. The summed E-state index contributed by atoms with van der Waals surface area (Å²) < 4.78 is 0. The highest BCUT2D eigenvalue weighted by Gasteiger charge is 2.40. The Morgan fingerprint density at radius 3 is 1.41 bits per heavy atom. The quantitative estimate of drug-likeness (QED) is 0.317. The van der Waals surface area contributed by atoms with E-state index in [0.29, 0.717) is 17.6 Å². The van der Waals surface area contributed by atoms with Gasteiger partial charge >= 0.3 is 0 Å². The largest absolute Gasteiger partial charge is 0.411 e. The first kappa shape index (κ1) is 20.6. The van der Waals surface area contributed by atoms with Crippen LogP contribution in [-0.4, -0.2) is 66.1 Å². The summed E-state index contributed by atoms with van der Waals surface area (Å²) in [7, 11) is 0. The third kappa shape index (κ3) is 3.45. The van der Waals surface area contributed by atoms with Crippen LogP contribution in [0, 0.1) is 17.8 Å². The second-order valence-electron chi connectivity index (χ2n) is 6.60. The average Bonchev–Trinajstić information content (AvgIpc) is 2.66. The van der Waals surface area contributed by atoms with Gasteiger partial charge in [0.05, 0.1) is 11.4 Å². The van der Waals surface area contributed by atoms with Crippen LogP contribution in [0.5, 0.6) is 0 Å². The Bertz CT molecular complexity index is 705. The molecule has 6 N–H and O–H groups in total. The summed E-state index contributed by atoms with van der Waals surface area (Å²) in [5, 5.41) is 69.7. The molecule has 0 saturated heterocycles. The van der Waals surface area contributed by atoms with Crippen molar-refractivity contribution in [3.05, 3.63) is 23.3 Å². The molecule has 0 heterocycles. The summed E-state index contributed by atoms with van der Waals surface area (Å²) in [6.45, 7) is 5.39. The Kier molecular flexibility index (Phi) is 6.34. The molecule has 0 spiro atoms. The van der Waals surface area contributed by atoms with Crippen molar-refractivity contribution in [1.29, 1.82) is 0 Å². The van der Waals surface area contributed by atoms with E-state index < -0.39 is 24.0 Å². The van der Waals surface area contributed by atoms with Gasteiger partial charge in [0.1, 0.15) is 23.6 Å². The van der Waals surface area contributed by atoms with Crippen molar-refractivity contribution < 1.29 is 31.0 Å². The third-order valence-electron chi connectivity index (χ3n) is 5.31. The predicted molar refractivity (Wildman–Crippen MR) is 97.2 cm³/mol. The molecule has 0 saturated carbocycles. The van der Waals surface area contributed by atoms with Crippen LogP contribution in [0.2, 0.25) is 0 Å². The van der Waals surface area contributed by atoms with Gasteiger partial charge in [0, 0.05) is 17.8 Å². The summed E-state index contributed by atoms with van der Waals surface area (Å²) in [6, 6.07) is 0. The highest BCUT2D eigenvalue weighted by atomic mass is 16.4. The highest BCUT2D eigenvalue weighted by molar-refractivity contribution is 6.20. The minimum Gasteiger partial charge on any atom is -0.411 e. The molecule has 0 fully saturated rings. The highest BCUT2D eigenvalue weighted by Crippen LogP contribution is 2.39. The zero-order chi connectivity index (χ0) is 20.3. The van der Waals surface area contributed by atoms with Crippen LogP contribution < -0.4 is 0 Å². The van der Waals surface area contributed by atoms with E-state index in [4.69, 9.17) is 0 Å².